The second-order valence-corrected chi connectivity index (χ2v) is 4.10. The molecule has 0 bridgehead atoms. The van der Waals surface area contributed by atoms with Gasteiger partial charge in [-0.15, -0.1) is 0 Å². The van der Waals surface area contributed by atoms with Crippen molar-refractivity contribution < 1.29 is 29.3 Å². The minimum atomic E-state index is -0.856. The molecule has 0 radical (unpaired) electrons. The van der Waals surface area contributed by atoms with Gasteiger partial charge in [0.1, 0.15) is 0 Å². The van der Waals surface area contributed by atoms with Gasteiger partial charge in [0.2, 0.25) is 0 Å². The fraction of sp³-hybridized carbons (Fsp3) is 0.727. The highest BCUT2D eigenvalue weighted by atomic mass is 16.5. The zero-order valence-electron chi connectivity index (χ0n) is 9.96. The van der Waals surface area contributed by atoms with Crippen LogP contribution in [0.1, 0.15) is 7.43 Å². The number of hydrogen-bond donors (Lipinski definition) is 3. The molecule has 0 aromatic rings. The number of methoxy groups -OCH3 is 1. The van der Waals surface area contributed by atoms with Gasteiger partial charge < -0.3 is 25.2 Å². The van der Waals surface area contributed by atoms with Crippen LogP contribution in [-0.2, 0) is 14.3 Å². The SMILES string of the molecule is C.COC(=O)N1CC(C(=O)O)C1.O=C(O)C1CNC1. The molecule has 0 atom stereocenters. The quantitative estimate of drug-likeness (QED) is 0.633. The van der Waals surface area contributed by atoms with Crippen molar-refractivity contribution in [1.82, 2.24) is 10.2 Å². The zero-order chi connectivity index (χ0) is 13.7. The van der Waals surface area contributed by atoms with E-state index in [1.54, 1.807) is 0 Å². The average molecular weight is 276 g/mol. The molecule has 2 heterocycles. The van der Waals surface area contributed by atoms with Gasteiger partial charge in [0.05, 0.1) is 18.9 Å². The standard InChI is InChI=1S/C6H9NO4.C4H7NO2.CH4/c1-11-6(10)7-2-4(3-7)5(8)9;6-4(7)3-1-5-2-3;/h4H,2-3H2,1H3,(H,8,9);3,5H,1-2H2,(H,6,7);1H4. The van der Waals surface area contributed by atoms with Gasteiger partial charge in [-0.2, -0.15) is 0 Å². The van der Waals surface area contributed by atoms with E-state index in [0.29, 0.717) is 13.1 Å². The Hall–Kier alpha value is -1.83. The van der Waals surface area contributed by atoms with Crippen LogP contribution in [0.15, 0.2) is 0 Å². The summed E-state index contributed by atoms with van der Waals surface area (Å²) in [7, 11) is 1.27. The molecule has 8 nitrogen and oxygen atoms in total. The first-order chi connectivity index (χ1) is 8.45. The molecule has 0 aromatic carbocycles. The Kier molecular flexibility index (Phi) is 6.84. The number of aliphatic carboxylic acids is 2. The van der Waals surface area contributed by atoms with Gasteiger partial charge in [-0.05, 0) is 0 Å². The molecule has 2 rings (SSSR count). The number of rotatable bonds is 2. The number of nitrogens with zero attached hydrogens (tertiary/aromatic N) is 1. The van der Waals surface area contributed by atoms with E-state index in [2.05, 4.69) is 10.1 Å². The van der Waals surface area contributed by atoms with Crippen LogP contribution in [0.5, 0.6) is 0 Å². The third kappa shape index (κ3) is 4.74. The van der Waals surface area contributed by atoms with Crippen molar-refractivity contribution in [2.45, 2.75) is 7.43 Å². The smallest absolute Gasteiger partial charge is 0.409 e. The Balaban J connectivity index is 0.000000352. The predicted molar refractivity (Wildman–Crippen MR) is 65.8 cm³/mol. The molecule has 0 saturated carbocycles. The van der Waals surface area contributed by atoms with Crippen LogP contribution in [0, 0.1) is 11.8 Å². The fourth-order valence-corrected chi connectivity index (χ4v) is 1.38. The molecule has 0 spiro atoms. The van der Waals surface area contributed by atoms with Crippen molar-refractivity contribution in [3.8, 4) is 0 Å². The number of ether oxygens (including phenoxy) is 1. The molecule has 110 valence electrons. The van der Waals surface area contributed by atoms with Gasteiger partial charge >= 0.3 is 18.0 Å². The van der Waals surface area contributed by atoms with Crippen LogP contribution < -0.4 is 5.32 Å². The van der Waals surface area contributed by atoms with Crippen LogP contribution in [0.25, 0.3) is 0 Å². The van der Waals surface area contributed by atoms with Crippen molar-refractivity contribution in [1.29, 1.82) is 0 Å². The molecule has 19 heavy (non-hydrogen) atoms. The summed E-state index contributed by atoms with van der Waals surface area (Å²) in [6.45, 7) is 1.83. The fourth-order valence-electron chi connectivity index (χ4n) is 1.38. The van der Waals surface area contributed by atoms with Crippen molar-refractivity contribution in [2.24, 2.45) is 11.8 Å². The monoisotopic (exact) mass is 276 g/mol. The first-order valence-electron chi connectivity index (χ1n) is 5.45. The summed E-state index contributed by atoms with van der Waals surface area (Å²) < 4.78 is 4.38. The summed E-state index contributed by atoms with van der Waals surface area (Å²) in [6.07, 6.45) is -0.456. The second-order valence-electron chi connectivity index (χ2n) is 4.10. The van der Waals surface area contributed by atoms with Crippen molar-refractivity contribution in [3.05, 3.63) is 0 Å². The molecule has 1 amide bonds. The molecule has 2 saturated heterocycles. The highest BCUT2D eigenvalue weighted by Gasteiger charge is 2.36. The average Bonchev–Trinajstić information content (AvgIpc) is 2.11. The van der Waals surface area contributed by atoms with Gasteiger partial charge in [-0.25, -0.2) is 4.79 Å². The summed E-state index contributed by atoms with van der Waals surface area (Å²) in [5, 5.41) is 19.5. The Bertz CT molecular complexity index is 336. The van der Waals surface area contributed by atoms with Gasteiger partial charge in [0, 0.05) is 26.2 Å². The molecule has 2 aliphatic heterocycles. The Labute approximate surface area is 111 Å². The summed E-state index contributed by atoms with van der Waals surface area (Å²) in [5.41, 5.74) is 0. The van der Waals surface area contributed by atoms with E-state index in [9.17, 15) is 14.4 Å². The summed E-state index contributed by atoms with van der Waals surface area (Å²) in [6, 6.07) is 0. The zero-order valence-corrected chi connectivity index (χ0v) is 9.96. The summed E-state index contributed by atoms with van der Waals surface area (Å²) in [4.78, 5) is 32.2. The molecule has 3 N–H and O–H groups in total. The number of carbonyl (C=O) groups excluding carboxylic acids is 1. The molecule has 0 unspecified atom stereocenters. The van der Waals surface area contributed by atoms with Crippen LogP contribution in [0.2, 0.25) is 0 Å². The maximum absolute atomic E-state index is 10.7. The lowest BCUT2D eigenvalue weighted by molar-refractivity contribution is -0.146. The van der Waals surface area contributed by atoms with E-state index in [4.69, 9.17) is 10.2 Å². The molecule has 2 fully saturated rings. The van der Waals surface area contributed by atoms with E-state index in [-0.39, 0.29) is 26.4 Å². The first-order valence-corrected chi connectivity index (χ1v) is 5.45. The van der Waals surface area contributed by atoms with E-state index in [1.807, 2.05) is 0 Å². The molecule has 0 aromatic heterocycles. The Morgan fingerprint density at radius 2 is 1.58 bits per heavy atom. The lowest BCUT2D eigenvalue weighted by atomic mass is 10.0. The van der Waals surface area contributed by atoms with Crippen molar-refractivity contribution in [2.75, 3.05) is 33.3 Å². The van der Waals surface area contributed by atoms with E-state index in [1.165, 1.54) is 12.0 Å². The summed E-state index contributed by atoms with van der Waals surface area (Å²) in [5.74, 6) is -2.06. The molecular weight excluding hydrogens is 256 g/mol. The maximum Gasteiger partial charge on any atom is 0.409 e. The Morgan fingerprint density at radius 3 is 1.79 bits per heavy atom. The van der Waals surface area contributed by atoms with E-state index in [0.717, 1.165) is 0 Å². The van der Waals surface area contributed by atoms with Crippen LogP contribution in [0.4, 0.5) is 4.79 Å². The first kappa shape index (κ1) is 17.2. The number of likely N-dealkylation sites (tertiary alicyclic amines) is 1. The number of carboxylic acid groups (broad SMARTS) is 2. The van der Waals surface area contributed by atoms with Crippen LogP contribution >= 0.6 is 0 Å². The largest absolute Gasteiger partial charge is 0.481 e. The van der Waals surface area contributed by atoms with Crippen LogP contribution in [0.3, 0.4) is 0 Å². The highest BCUT2D eigenvalue weighted by Crippen LogP contribution is 2.15. The normalized spacial score (nSPS) is 17.8. The predicted octanol–water partition coefficient (Wildman–Crippen LogP) is -0.304. The number of amides is 1. The van der Waals surface area contributed by atoms with E-state index < -0.39 is 23.9 Å². The minimum absolute atomic E-state index is 0. The van der Waals surface area contributed by atoms with Gasteiger partial charge in [0.15, 0.2) is 0 Å². The van der Waals surface area contributed by atoms with Gasteiger partial charge in [-0.3, -0.25) is 9.59 Å². The number of carboxylic acids is 2. The molecule has 0 aliphatic carbocycles. The topological polar surface area (TPSA) is 116 Å². The second kappa shape index (κ2) is 7.57. The van der Waals surface area contributed by atoms with Crippen LogP contribution in [-0.4, -0.2) is 66.4 Å². The number of nitrogens with one attached hydrogen (secondary N) is 1. The number of hydrogen-bond acceptors (Lipinski definition) is 5. The van der Waals surface area contributed by atoms with E-state index >= 15 is 0 Å². The molecule has 8 heteroatoms. The lowest BCUT2D eigenvalue weighted by Gasteiger charge is -2.34. The van der Waals surface area contributed by atoms with Gasteiger partial charge in [0.25, 0.3) is 0 Å². The van der Waals surface area contributed by atoms with Crippen molar-refractivity contribution in [3.63, 3.8) is 0 Å². The maximum atomic E-state index is 10.7. The third-order valence-electron chi connectivity index (χ3n) is 2.79. The third-order valence-corrected chi connectivity index (χ3v) is 2.79. The summed E-state index contributed by atoms with van der Waals surface area (Å²) >= 11 is 0. The Morgan fingerprint density at radius 1 is 1.11 bits per heavy atom. The van der Waals surface area contributed by atoms with Crippen molar-refractivity contribution >= 4 is 18.0 Å². The highest BCUT2D eigenvalue weighted by molar-refractivity contribution is 5.76. The molecule has 2 aliphatic rings. The lowest BCUT2D eigenvalue weighted by Crippen LogP contribution is -2.52. The number of carbonyl (C=O) groups is 3. The molecular formula is C11H20N2O6. The minimum Gasteiger partial charge on any atom is -0.481 e. The van der Waals surface area contributed by atoms with Gasteiger partial charge in [-0.1, -0.05) is 7.43 Å².